The van der Waals surface area contributed by atoms with Crippen molar-refractivity contribution in [3.8, 4) is 0 Å². The number of nitrogens with zero attached hydrogens (tertiary/aromatic N) is 1. The van der Waals surface area contributed by atoms with E-state index >= 15 is 0 Å². The summed E-state index contributed by atoms with van der Waals surface area (Å²) in [6.07, 6.45) is 2.22. The molecule has 0 radical (unpaired) electrons. The quantitative estimate of drug-likeness (QED) is 0.754. The van der Waals surface area contributed by atoms with Crippen molar-refractivity contribution in [1.82, 2.24) is 4.57 Å². The zero-order chi connectivity index (χ0) is 15.9. The maximum Gasteiger partial charge on any atom is 0.117 e. The van der Waals surface area contributed by atoms with Gasteiger partial charge in [0.05, 0.1) is 32.0 Å². The lowest BCUT2D eigenvalue weighted by atomic mass is 10.1. The highest BCUT2D eigenvalue weighted by Crippen LogP contribution is 2.07. The number of nitrogens with one attached hydrogen (secondary N) is 1. The number of benzene rings is 1. The molecule has 1 saturated heterocycles. The molecule has 124 valence electrons. The first-order valence-electron chi connectivity index (χ1n) is 8.76. The highest BCUT2D eigenvalue weighted by Gasteiger charge is 2.14. The van der Waals surface area contributed by atoms with Crippen LogP contribution in [0.5, 0.6) is 0 Å². The van der Waals surface area contributed by atoms with Crippen LogP contribution in [0.25, 0.3) is 0 Å². The second-order valence-corrected chi connectivity index (χ2v) is 6.44. The predicted octanol–water partition coefficient (Wildman–Crippen LogP) is 0.228. The number of hydrogen-bond acceptors (Lipinski definition) is 1. The van der Waals surface area contributed by atoms with E-state index in [0.717, 1.165) is 39.4 Å². The van der Waals surface area contributed by atoms with Crippen LogP contribution in [0.2, 0.25) is 0 Å². The van der Waals surface area contributed by atoms with Gasteiger partial charge in [0, 0.05) is 11.8 Å². The molecule has 0 saturated carbocycles. The van der Waals surface area contributed by atoms with Gasteiger partial charge in [-0.05, 0) is 19.1 Å². The topological polar surface area (TPSA) is 35.2 Å². The van der Waals surface area contributed by atoms with E-state index in [0.29, 0.717) is 6.04 Å². The fourth-order valence-electron chi connectivity index (χ4n) is 3.23. The van der Waals surface area contributed by atoms with E-state index in [-0.39, 0.29) is 0 Å². The average molecular weight is 315 g/mol. The Hall–Kier alpha value is -1.62. The summed E-state index contributed by atoms with van der Waals surface area (Å²) in [4.78, 5) is 1.66. The van der Waals surface area contributed by atoms with Crippen LogP contribution in [0, 0.1) is 0 Å². The fourth-order valence-corrected chi connectivity index (χ4v) is 3.23. The Morgan fingerprint density at radius 3 is 2.70 bits per heavy atom. The van der Waals surface area contributed by atoms with Crippen molar-refractivity contribution in [2.75, 3.05) is 32.8 Å². The largest absolute Gasteiger partial charge is 0.370 e. The Bertz CT molecular complexity index is 575. The number of ether oxygens (including phenoxy) is 1. The fraction of sp³-hybridized carbons (Fsp3) is 0.474. The van der Waals surface area contributed by atoms with Crippen molar-refractivity contribution in [2.45, 2.75) is 26.1 Å². The van der Waals surface area contributed by atoms with Gasteiger partial charge in [-0.25, -0.2) is 0 Å². The molecule has 2 aromatic rings. The smallest absolute Gasteiger partial charge is 0.117 e. The van der Waals surface area contributed by atoms with E-state index in [1.165, 1.54) is 17.8 Å². The van der Waals surface area contributed by atoms with Crippen molar-refractivity contribution in [2.24, 2.45) is 0 Å². The van der Waals surface area contributed by atoms with Gasteiger partial charge in [0.15, 0.2) is 0 Å². The van der Waals surface area contributed by atoms with Crippen molar-refractivity contribution < 1.29 is 15.0 Å². The SMILES string of the molecule is C[C@H]([NH2+]Cc1cccn1CC[NH+]1CCOCC1)c1ccccc1. The van der Waals surface area contributed by atoms with Crippen molar-refractivity contribution in [1.29, 1.82) is 0 Å². The molecule has 3 rings (SSSR count). The maximum atomic E-state index is 5.43. The first-order valence-corrected chi connectivity index (χ1v) is 8.76. The highest BCUT2D eigenvalue weighted by molar-refractivity contribution is 5.16. The zero-order valence-corrected chi connectivity index (χ0v) is 14.1. The van der Waals surface area contributed by atoms with Crippen LogP contribution in [0.15, 0.2) is 48.7 Å². The molecule has 0 aliphatic carbocycles. The van der Waals surface area contributed by atoms with E-state index in [1.54, 1.807) is 4.90 Å². The highest BCUT2D eigenvalue weighted by atomic mass is 16.5. The van der Waals surface area contributed by atoms with Gasteiger partial charge in [0.25, 0.3) is 0 Å². The Balaban J connectivity index is 1.50. The molecule has 0 amide bonds. The molecule has 23 heavy (non-hydrogen) atoms. The summed E-state index contributed by atoms with van der Waals surface area (Å²) in [6, 6.07) is 15.7. The van der Waals surface area contributed by atoms with Crippen LogP contribution in [0.4, 0.5) is 0 Å². The van der Waals surface area contributed by atoms with Crippen LogP contribution < -0.4 is 10.2 Å². The van der Waals surface area contributed by atoms with Gasteiger partial charge in [0.2, 0.25) is 0 Å². The molecular formula is C19H29N3O+2. The van der Waals surface area contributed by atoms with Crippen molar-refractivity contribution in [3.05, 3.63) is 59.9 Å². The minimum absolute atomic E-state index is 0.490. The summed E-state index contributed by atoms with van der Waals surface area (Å²) in [5.41, 5.74) is 2.81. The van der Waals surface area contributed by atoms with Gasteiger partial charge in [-0.15, -0.1) is 0 Å². The van der Waals surface area contributed by atoms with Crippen LogP contribution >= 0.6 is 0 Å². The van der Waals surface area contributed by atoms with E-state index in [2.05, 4.69) is 65.5 Å². The monoisotopic (exact) mass is 315 g/mol. The molecule has 1 aliphatic rings. The Labute approximate surface area is 139 Å². The Kier molecular flexibility index (Phi) is 5.86. The summed E-state index contributed by atoms with van der Waals surface area (Å²) in [6.45, 7) is 9.72. The number of quaternary nitrogens is 2. The summed E-state index contributed by atoms with van der Waals surface area (Å²) >= 11 is 0. The van der Waals surface area contributed by atoms with Gasteiger partial charge in [0.1, 0.15) is 25.7 Å². The van der Waals surface area contributed by atoms with E-state index < -0.39 is 0 Å². The lowest BCUT2D eigenvalue weighted by Crippen LogP contribution is -3.14. The second-order valence-electron chi connectivity index (χ2n) is 6.44. The molecule has 3 N–H and O–H groups in total. The normalized spacial score (nSPS) is 17.3. The first-order chi connectivity index (χ1) is 11.3. The van der Waals surface area contributed by atoms with Gasteiger partial charge >= 0.3 is 0 Å². The minimum atomic E-state index is 0.490. The summed E-state index contributed by atoms with van der Waals surface area (Å²) < 4.78 is 7.85. The molecule has 2 heterocycles. The molecule has 1 aromatic heterocycles. The van der Waals surface area contributed by atoms with Crippen LogP contribution in [-0.4, -0.2) is 37.4 Å². The van der Waals surface area contributed by atoms with E-state index in [9.17, 15) is 0 Å². The molecule has 0 spiro atoms. The van der Waals surface area contributed by atoms with Gasteiger partial charge in [-0.1, -0.05) is 30.3 Å². The van der Waals surface area contributed by atoms with Crippen molar-refractivity contribution in [3.63, 3.8) is 0 Å². The predicted molar refractivity (Wildman–Crippen MR) is 91.3 cm³/mol. The molecule has 1 aromatic carbocycles. The number of aromatic nitrogens is 1. The van der Waals surface area contributed by atoms with E-state index in [1.807, 2.05) is 0 Å². The molecule has 1 atom stereocenters. The summed E-state index contributed by atoms with van der Waals surface area (Å²) in [5, 5.41) is 2.42. The van der Waals surface area contributed by atoms with Gasteiger partial charge in [-0.2, -0.15) is 0 Å². The minimum Gasteiger partial charge on any atom is -0.370 e. The number of morpholine rings is 1. The Morgan fingerprint density at radius 1 is 1.13 bits per heavy atom. The lowest BCUT2D eigenvalue weighted by molar-refractivity contribution is -0.908. The zero-order valence-electron chi connectivity index (χ0n) is 14.1. The number of nitrogens with two attached hydrogens (primary N) is 1. The summed E-state index contributed by atoms with van der Waals surface area (Å²) in [7, 11) is 0. The third-order valence-corrected chi connectivity index (χ3v) is 4.84. The summed E-state index contributed by atoms with van der Waals surface area (Å²) in [5.74, 6) is 0. The number of rotatable bonds is 7. The van der Waals surface area contributed by atoms with E-state index in [4.69, 9.17) is 4.74 Å². The molecule has 0 unspecified atom stereocenters. The molecule has 1 fully saturated rings. The third kappa shape index (κ3) is 4.67. The van der Waals surface area contributed by atoms with Crippen molar-refractivity contribution >= 4 is 0 Å². The maximum absolute atomic E-state index is 5.43. The van der Waals surface area contributed by atoms with Crippen LogP contribution in [0.3, 0.4) is 0 Å². The van der Waals surface area contributed by atoms with Gasteiger partial charge < -0.3 is 19.5 Å². The first kappa shape index (κ1) is 16.2. The Morgan fingerprint density at radius 2 is 1.91 bits per heavy atom. The number of hydrogen-bond donors (Lipinski definition) is 2. The lowest BCUT2D eigenvalue weighted by Gasteiger charge is -2.24. The molecule has 0 bridgehead atoms. The second kappa shape index (κ2) is 8.29. The molecular weight excluding hydrogens is 286 g/mol. The standard InChI is InChI=1S/C19H27N3O/c1-17(18-6-3-2-4-7-18)20-16-19-8-5-9-22(19)11-10-21-12-14-23-15-13-21/h2-9,17,20H,10-16H2,1H3/p+2/t17-/m0/s1. The molecule has 1 aliphatic heterocycles. The third-order valence-electron chi connectivity index (χ3n) is 4.84. The molecule has 4 nitrogen and oxygen atoms in total. The molecule has 4 heteroatoms. The average Bonchev–Trinajstić information content (AvgIpc) is 3.07. The van der Waals surface area contributed by atoms with Crippen LogP contribution in [-0.2, 0) is 17.8 Å². The van der Waals surface area contributed by atoms with Gasteiger partial charge in [-0.3, -0.25) is 0 Å². The van der Waals surface area contributed by atoms with Crippen LogP contribution in [0.1, 0.15) is 24.2 Å².